The van der Waals surface area contributed by atoms with E-state index in [9.17, 15) is 9.59 Å². The molecule has 0 bridgehead atoms. The van der Waals surface area contributed by atoms with Gasteiger partial charge in [-0.15, -0.1) is 0 Å². The summed E-state index contributed by atoms with van der Waals surface area (Å²) in [6.45, 7) is 4.00. The van der Waals surface area contributed by atoms with E-state index < -0.39 is 6.04 Å². The zero-order valence-electron chi connectivity index (χ0n) is 10.9. The Morgan fingerprint density at radius 3 is 2.84 bits per heavy atom. The van der Waals surface area contributed by atoms with Crippen molar-refractivity contribution in [2.24, 2.45) is 0 Å². The molecular weight excluding hydrogens is 244 g/mol. The molecule has 0 aliphatic heterocycles. The first-order valence-corrected chi connectivity index (χ1v) is 6.15. The molecule has 1 unspecified atom stereocenters. The Morgan fingerprint density at radius 2 is 2.11 bits per heavy atom. The minimum atomic E-state index is -0.595. The second-order valence-electron chi connectivity index (χ2n) is 4.21. The van der Waals surface area contributed by atoms with Crippen LogP contribution in [0.3, 0.4) is 0 Å². The van der Waals surface area contributed by atoms with Gasteiger partial charge in [0.15, 0.2) is 5.69 Å². The lowest BCUT2D eigenvalue weighted by Gasteiger charge is -2.12. The molecule has 0 aliphatic rings. The summed E-state index contributed by atoms with van der Waals surface area (Å²) in [5.74, 6) is -0.577. The maximum absolute atomic E-state index is 12.1. The average molecular weight is 260 g/mol. The zero-order chi connectivity index (χ0) is 13.8. The third-order valence-electron chi connectivity index (χ3n) is 2.78. The number of hydrogen-bond acceptors (Lipinski definition) is 3. The van der Waals surface area contributed by atoms with Gasteiger partial charge in [-0.05, 0) is 19.9 Å². The van der Waals surface area contributed by atoms with Gasteiger partial charge >= 0.3 is 0 Å². The van der Waals surface area contributed by atoms with Crippen LogP contribution in [-0.2, 0) is 4.79 Å². The summed E-state index contributed by atoms with van der Waals surface area (Å²) in [4.78, 5) is 23.6. The number of carbonyl (C=O) groups is 2. The van der Waals surface area contributed by atoms with E-state index in [1.54, 1.807) is 6.92 Å². The Labute approximate surface area is 110 Å². The number of para-hydroxylation sites is 1. The minimum Gasteiger partial charge on any atom is -0.355 e. The number of amides is 2. The minimum absolute atomic E-state index is 0.212. The number of fused-ring (bicyclic) bond motifs is 1. The quantitative estimate of drug-likeness (QED) is 0.760. The number of aromatic amines is 1. The molecule has 1 atom stereocenters. The highest BCUT2D eigenvalue weighted by molar-refractivity contribution is 6.05. The van der Waals surface area contributed by atoms with Crippen LogP contribution in [0.15, 0.2) is 24.3 Å². The molecule has 1 heterocycles. The molecule has 1 aromatic heterocycles. The third-order valence-corrected chi connectivity index (χ3v) is 2.78. The topological polar surface area (TPSA) is 86.9 Å². The molecule has 0 saturated heterocycles. The number of nitrogens with zero attached hydrogens (tertiary/aromatic N) is 1. The largest absolute Gasteiger partial charge is 0.355 e. The van der Waals surface area contributed by atoms with E-state index in [-0.39, 0.29) is 11.8 Å². The fourth-order valence-corrected chi connectivity index (χ4v) is 1.79. The standard InChI is InChI=1S/C13H16N4O2/c1-3-14-12(18)8(2)15-13(19)11-9-6-4-5-7-10(9)16-17-11/h4-8H,3H2,1-2H3,(H,14,18)(H,15,19)(H,16,17). The molecule has 0 saturated carbocycles. The SMILES string of the molecule is CCNC(=O)C(C)NC(=O)c1n[nH]c2ccccc12. The van der Waals surface area contributed by atoms with Crippen molar-refractivity contribution in [2.45, 2.75) is 19.9 Å². The monoisotopic (exact) mass is 260 g/mol. The van der Waals surface area contributed by atoms with Gasteiger partial charge in [-0.3, -0.25) is 14.7 Å². The Morgan fingerprint density at radius 1 is 1.37 bits per heavy atom. The van der Waals surface area contributed by atoms with E-state index in [2.05, 4.69) is 20.8 Å². The molecule has 0 aliphatic carbocycles. The van der Waals surface area contributed by atoms with Crippen molar-refractivity contribution in [3.63, 3.8) is 0 Å². The average Bonchev–Trinajstić information content (AvgIpc) is 2.82. The molecule has 19 heavy (non-hydrogen) atoms. The van der Waals surface area contributed by atoms with E-state index in [1.807, 2.05) is 31.2 Å². The Balaban J connectivity index is 2.14. The Kier molecular flexibility index (Phi) is 3.79. The molecular formula is C13H16N4O2. The lowest BCUT2D eigenvalue weighted by atomic mass is 10.2. The van der Waals surface area contributed by atoms with Gasteiger partial charge in [-0.25, -0.2) is 0 Å². The number of rotatable bonds is 4. The first-order valence-electron chi connectivity index (χ1n) is 6.15. The summed E-state index contributed by atoms with van der Waals surface area (Å²) in [6.07, 6.45) is 0. The summed E-state index contributed by atoms with van der Waals surface area (Å²) in [6, 6.07) is 6.75. The fraction of sp³-hybridized carbons (Fsp3) is 0.308. The van der Waals surface area contributed by atoms with E-state index >= 15 is 0 Å². The molecule has 0 spiro atoms. The van der Waals surface area contributed by atoms with Crippen molar-refractivity contribution in [1.82, 2.24) is 20.8 Å². The molecule has 2 amide bonds. The molecule has 3 N–H and O–H groups in total. The highest BCUT2D eigenvalue weighted by atomic mass is 16.2. The van der Waals surface area contributed by atoms with E-state index in [0.717, 1.165) is 10.9 Å². The second-order valence-corrected chi connectivity index (χ2v) is 4.21. The predicted molar refractivity (Wildman–Crippen MR) is 71.7 cm³/mol. The summed E-state index contributed by atoms with van der Waals surface area (Å²) >= 11 is 0. The molecule has 0 fully saturated rings. The predicted octanol–water partition coefficient (Wildman–Crippen LogP) is 0.817. The maximum atomic E-state index is 12.1. The number of H-pyrrole nitrogens is 1. The summed E-state index contributed by atoms with van der Waals surface area (Å²) < 4.78 is 0. The smallest absolute Gasteiger partial charge is 0.273 e. The summed E-state index contributed by atoms with van der Waals surface area (Å²) in [5.41, 5.74) is 1.09. The van der Waals surface area contributed by atoms with Gasteiger partial charge in [0.25, 0.3) is 5.91 Å². The fourth-order valence-electron chi connectivity index (χ4n) is 1.79. The van der Waals surface area contributed by atoms with Crippen molar-refractivity contribution >= 4 is 22.7 Å². The van der Waals surface area contributed by atoms with Crippen LogP contribution in [0, 0.1) is 0 Å². The Hall–Kier alpha value is -2.37. The van der Waals surface area contributed by atoms with Gasteiger partial charge in [0.05, 0.1) is 5.52 Å². The number of nitrogens with one attached hydrogen (secondary N) is 3. The molecule has 6 heteroatoms. The van der Waals surface area contributed by atoms with E-state index in [4.69, 9.17) is 0 Å². The van der Waals surface area contributed by atoms with E-state index in [0.29, 0.717) is 12.2 Å². The molecule has 100 valence electrons. The van der Waals surface area contributed by atoms with Crippen LogP contribution in [0.5, 0.6) is 0 Å². The van der Waals surface area contributed by atoms with Gasteiger partial charge in [-0.2, -0.15) is 5.10 Å². The lowest BCUT2D eigenvalue weighted by molar-refractivity contribution is -0.122. The summed E-state index contributed by atoms with van der Waals surface area (Å²) in [7, 11) is 0. The molecule has 2 aromatic rings. The number of likely N-dealkylation sites (N-methyl/N-ethyl adjacent to an activating group) is 1. The van der Waals surface area contributed by atoms with Crippen molar-refractivity contribution in [2.75, 3.05) is 6.54 Å². The third kappa shape index (κ3) is 2.73. The lowest BCUT2D eigenvalue weighted by Crippen LogP contribution is -2.44. The first-order chi connectivity index (χ1) is 9.13. The van der Waals surface area contributed by atoms with Crippen LogP contribution < -0.4 is 10.6 Å². The van der Waals surface area contributed by atoms with Gasteiger partial charge < -0.3 is 10.6 Å². The van der Waals surface area contributed by atoms with Gasteiger partial charge in [0.1, 0.15) is 6.04 Å². The van der Waals surface area contributed by atoms with Crippen LogP contribution in [0.2, 0.25) is 0 Å². The summed E-state index contributed by atoms with van der Waals surface area (Å²) in [5, 5.41) is 12.8. The van der Waals surface area contributed by atoms with Crippen LogP contribution in [0.1, 0.15) is 24.3 Å². The van der Waals surface area contributed by atoms with Crippen molar-refractivity contribution in [1.29, 1.82) is 0 Å². The van der Waals surface area contributed by atoms with Crippen molar-refractivity contribution in [3.05, 3.63) is 30.0 Å². The normalized spacial score (nSPS) is 12.1. The van der Waals surface area contributed by atoms with Crippen molar-refractivity contribution < 1.29 is 9.59 Å². The first kappa shape index (κ1) is 13.1. The number of benzene rings is 1. The van der Waals surface area contributed by atoms with Gasteiger partial charge in [0, 0.05) is 11.9 Å². The zero-order valence-corrected chi connectivity index (χ0v) is 10.9. The van der Waals surface area contributed by atoms with Crippen LogP contribution >= 0.6 is 0 Å². The van der Waals surface area contributed by atoms with Gasteiger partial charge in [0.2, 0.25) is 5.91 Å². The second kappa shape index (κ2) is 5.51. The highest BCUT2D eigenvalue weighted by Gasteiger charge is 2.19. The van der Waals surface area contributed by atoms with Crippen LogP contribution in [0.4, 0.5) is 0 Å². The number of hydrogen-bond donors (Lipinski definition) is 3. The van der Waals surface area contributed by atoms with Gasteiger partial charge in [-0.1, -0.05) is 18.2 Å². The van der Waals surface area contributed by atoms with Crippen LogP contribution in [0.25, 0.3) is 10.9 Å². The number of carbonyl (C=O) groups excluding carboxylic acids is 2. The molecule has 0 radical (unpaired) electrons. The van der Waals surface area contributed by atoms with Crippen molar-refractivity contribution in [3.8, 4) is 0 Å². The van der Waals surface area contributed by atoms with Crippen LogP contribution in [-0.4, -0.2) is 34.6 Å². The Bertz CT molecular complexity index is 605. The maximum Gasteiger partial charge on any atom is 0.273 e. The molecule has 1 aromatic carbocycles. The number of aromatic nitrogens is 2. The highest BCUT2D eigenvalue weighted by Crippen LogP contribution is 2.14. The molecule has 6 nitrogen and oxygen atoms in total. The van der Waals surface area contributed by atoms with E-state index in [1.165, 1.54) is 0 Å². The molecule has 2 rings (SSSR count).